The number of para-hydroxylation sites is 1. The van der Waals surface area contributed by atoms with Gasteiger partial charge in [0.15, 0.2) is 0 Å². The van der Waals surface area contributed by atoms with E-state index < -0.39 is 10.0 Å². The van der Waals surface area contributed by atoms with Crippen LogP contribution in [0.15, 0.2) is 77.7 Å². The summed E-state index contributed by atoms with van der Waals surface area (Å²) in [7, 11) is -3.76. The fraction of sp³-hybridized carbons (Fsp3) is 0.0952. The zero-order valence-electron chi connectivity index (χ0n) is 15.0. The van der Waals surface area contributed by atoms with Gasteiger partial charge in [-0.3, -0.25) is 4.72 Å². The van der Waals surface area contributed by atoms with Crippen LogP contribution in [0.1, 0.15) is 11.4 Å². The van der Waals surface area contributed by atoms with E-state index in [0.29, 0.717) is 17.1 Å². The smallest absolute Gasteiger partial charge is 0.265 e. The molecule has 0 bridgehead atoms. The van der Waals surface area contributed by atoms with E-state index in [1.54, 1.807) is 24.6 Å². The van der Waals surface area contributed by atoms with Gasteiger partial charge >= 0.3 is 0 Å². The number of sulfonamides is 1. The molecule has 3 aromatic carbocycles. The van der Waals surface area contributed by atoms with Crippen LogP contribution in [0, 0.1) is 13.8 Å². The number of hydrogen-bond donors (Lipinski definition) is 1. The molecule has 5 nitrogen and oxygen atoms in total. The summed E-state index contributed by atoms with van der Waals surface area (Å²) in [6.07, 6.45) is 0. The summed E-state index contributed by atoms with van der Waals surface area (Å²) < 4.78 is 30.5. The summed E-state index contributed by atoms with van der Waals surface area (Å²) in [6.45, 7) is 3.48. The molecule has 0 fully saturated rings. The van der Waals surface area contributed by atoms with Crippen molar-refractivity contribution in [2.24, 2.45) is 0 Å². The third-order valence-electron chi connectivity index (χ3n) is 4.50. The maximum Gasteiger partial charge on any atom is 0.265 e. The molecular weight excluding hydrogens is 358 g/mol. The van der Waals surface area contributed by atoms with Gasteiger partial charge in [-0.25, -0.2) is 13.1 Å². The van der Waals surface area contributed by atoms with Crippen molar-refractivity contribution in [1.82, 2.24) is 9.78 Å². The highest BCUT2D eigenvalue weighted by molar-refractivity contribution is 7.92. The number of nitrogens with zero attached hydrogens (tertiary/aromatic N) is 2. The van der Waals surface area contributed by atoms with Crippen LogP contribution in [0.5, 0.6) is 0 Å². The third kappa shape index (κ3) is 3.19. The lowest BCUT2D eigenvalue weighted by Gasteiger charge is -2.10. The third-order valence-corrected chi connectivity index (χ3v) is 6.13. The molecule has 27 heavy (non-hydrogen) atoms. The zero-order valence-corrected chi connectivity index (χ0v) is 15.9. The molecule has 6 heteroatoms. The van der Waals surface area contributed by atoms with Gasteiger partial charge in [-0.15, -0.1) is 0 Å². The molecule has 4 rings (SSSR count). The van der Waals surface area contributed by atoms with E-state index >= 15 is 0 Å². The van der Waals surface area contributed by atoms with Crippen molar-refractivity contribution in [1.29, 1.82) is 0 Å². The maximum absolute atomic E-state index is 13.1. The van der Waals surface area contributed by atoms with Gasteiger partial charge in [0.1, 0.15) is 4.90 Å². The molecular formula is C21H19N3O2S. The molecule has 0 aliphatic carbocycles. The molecule has 0 amide bonds. The first kappa shape index (κ1) is 17.3. The van der Waals surface area contributed by atoms with Crippen LogP contribution < -0.4 is 4.72 Å². The lowest BCUT2D eigenvalue weighted by Crippen LogP contribution is -2.15. The number of fused-ring (bicyclic) bond motifs is 1. The number of hydrogen-bond acceptors (Lipinski definition) is 3. The summed E-state index contributed by atoms with van der Waals surface area (Å²) in [5.74, 6) is 0. The van der Waals surface area contributed by atoms with Crippen molar-refractivity contribution in [2.45, 2.75) is 18.7 Å². The van der Waals surface area contributed by atoms with E-state index in [2.05, 4.69) is 9.82 Å². The second-order valence-corrected chi connectivity index (χ2v) is 8.03. The quantitative estimate of drug-likeness (QED) is 0.572. The van der Waals surface area contributed by atoms with E-state index in [9.17, 15) is 8.42 Å². The maximum atomic E-state index is 13.1. The topological polar surface area (TPSA) is 64.0 Å². The van der Waals surface area contributed by atoms with E-state index in [1.807, 2.05) is 66.7 Å². The molecule has 0 aliphatic rings. The minimum Gasteiger partial charge on any atom is -0.279 e. The lowest BCUT2D eigenvalue weighted by atomic mass is 10.1. The molecule has 4 aromatic rings. The van der Waals surface area contributed by atoms with Crippen LogP contribution in [0.4, 0.5) is 5.69 Å². The Morgan fingerprint density at radius 3 is 2.26 bits per heavy atom. The first-order valence-electron chi connectivity index (χ1n) is 8.59. The number of aromatic nitrogens is 2. The van der Waals surface area contributed by atoms with Gasteiger partial charge in [-0.2, -0.15) is 5.10 Å². The summed E-state index contributed by atoms with van der Waals surface area (Å²) in [6, 6.07) is 22.8. The van der Waals surface area contributed by atoms with Gasteiger partial charge in [0, 0.05) is 5.69 Å². The highest BCUT2D eigenvalue weighted by Gasteiger charge is 2.25. The minimum absolute atomic E-state index is 0.208. The van der Waals surface area contributed by atoms with Crippen LogP contribution in [-0.2, 0) is 10.0 Å². The molecule has 0 radical (unpaired) electrons. The molecule has 1 aromatic heterocycles. The van der Waals surface area contributed by atoms with Crippen LogP contribution in [0.3, 0.4) is 0 Å². The van der Waals surface area contributed by atoms with Crippen molar-refractivity contribution >= 4 is 26.5 Å². The van der Waals surface area contributed by atoms with Crippen LogP contribution >= 0.6 is 0 Å². The van der Waals surface area contributed by atoms with Gasteiger partial charge in [-0.05, 0) is 48.9 Å². The summed E-state index contributed by atoms with van der Waals surface area (Å²) >= 11 is 0. The van der Waals surface area contributed by atoms with Gasteiger partial charge in [0.25, 0.3) is 10.0 Å². The predicted molar refractivity (Wildman–Crippen MR) is 108 cm³/mol. The lowest BCUT2D eigenvalue weighted by molar-refractivity contribution is 0.600. The van der Waals surface area contributed by atoms with E-state index in [-0.39, 0.29) is 4.90 Å². The predicted octanol–water partition coefficient (Wildman–Crippen LogP) is 4.44. The SMILES string of the molecule is Cc1nn(-c2ccccc2)c(C)c1S(=O)(=O)Nc1ccc2ccccc2c1. The second-order valence-electron chi connectivity index (χ2n) is 6.41. The number of benzene rings is 3. The number of anilines is 1. The molecule has 136 valence electrons. The highest BCUT2D eigenvalue weighted by atomic mass is 32.2. The Balaban J connectivity index is 1.74. The first-order chi connectivity index (χ1) is 13.0. The summed E-state index contributed by atoms with van der Waals surface area (Å²) in [5.41, 5.74) is 2.39. The van der Waals surface area contributed by atoms with E-state index in [4.69, 9.17) is 0 Å². The minimum atomic E-state index is -3.76. The number of aryl methyl sites for hydroxylation is 1. The summed E-state index contributed by atoms with van der Waals surface area (Å²) in [5, 5.41) is 6.47. The normalized spacial score (nSPS) is 11.6. The first-order valence-corrected chi connectivity index (χ1v) is 10.1. The molecule has 0 saturated heterocycles. The fourth-order valence-corrected chi connectivity index (χ4v) is 4.74. The molecule has 0 spiro atoms. The standard InChI is InChI=1S/C21H19N3O2S/c1-15-21(16(2)24(22-15)20-10-4-3-5-11-20)27(25,26)23-19-13-12-17-8-6-7-9-18(17)14-19/h3-14,23H,1-2H3. The van der Waals surface area contributed by atoms with Crippen molar-refractivity contribution in [2.75, 3.05) is 4.72 Å². The number of rotatable bonds is 4. The largest absolute Gasteiger partial charge is 0.279 e. The van der Waals surface area contributed by atoms with E-state index in [1.165, 1.54) is 0 Å². The molecule has 1 N–H and O–H groups in total. The van der Waals surface area contributed by atoms with Crippen molar-refractivity contribution in [3.8, 4) is 5.69 Å². The van der Waals surface area contributed by atoms with Gasteiger partial charge in [0.05, 0.1) is 17.1 Å². The fourth-order valence-electron chi connectivity index (χ4n) is 3.30. The van der Waals surface area contributed by atoms with E-state index in [0.717, 1.165) is 16.5 Å². The van der Waals surface area contributed by atoms with Crippen molar-refractivity contribution in [3.63, 3.8) is 0 Å². The Kier molecular flexibility index (Phi) is 4.20. The molecule has 1 heterocycles. The van der Waals surface area contributed by atoms with Gasteiger partial charge < -0.3 is 0 Å². The number of nitrogens with one attached hydrogen (secondary N) is 1. The Hall–Kier alpha value is -3.12. The summed E-state index contributed by atoms with van der Waals surface area (Å²) in [4.78, 5) is 0.208. The van der Waals surface area contributed by atoms with Gasteiger partial charge in [0.2, 0.25) is 0 Å². The van der Waals surface area contributed by atoms with Crippen molar-refractivity contribution in [3.05, 3.63) is 84.2 Å². The Bertz CT molecular complexity index is 1230. The van der Waals surface area contributed by atoms with Gasteiger partial charge in [-0.1, -0.05) is 48.5 Å². The Morgan fingerprint density at radius 1 is 0.852 bits per heavy atom. The Morgan fingerprint density at radius 2 is 1.52 bits per heavy atom. The van der Waals surface area contributed by atoms with Crippen LogP contribution in [-0.4, -0.2) is 18.2 Å². The molecule has 0 unspecified atom stereocenters. The molecule has 0 saturated carbocycles. The average Bonchev–Trinajstić information content (AvgIpc) is 2.97. The monoisotopic (exact) mass is 377 g/mol. The van der Waals surface area contributed by atoms with Crippen LogP contribution in [0.25, 0.3) is 16.5 Å². The van der Waals surface area contributed by atoms with Crippen LogP contribution in [0.2, 0.25) is 0 Å². The zero-order chi connectivity index (χ0) is 19.0. The molecule has 0 aliphatic heterocycles. The second kappa shape index (κ2) is 6.55. The molecule has 0 atom stereocenters. The van der Waals surface area contributed by atoms with Crippen molar-refractivity contribution < 1.29 is 8.42 Å². The highest BCUT2D eigenvalue weighted by Crippen LogP contribution is 2.26. The Labute approximate surface area is 158 Å². The average molecular weight is 377 g/mol.